The molecule has 1 unspecified atom stereocenters. The monoisotopic (exact) mass is 237 g/mol. The molecular formula is C12H19N3O2. The Balaban J connectivity index is 2.84. The Hall–Kier alpha value is -1.62. The van der Waals surface area contributed by atoms with Crippen LogP contribution in [0.15, 0.2) is 12.1 Å². The second-order valence-electron chi connectivity index (χ2n) is 4.09. The van der Waals surface area contributed by atoms with Crippen LogP contribution >= 0.6 is 0 Å². The minimum Gasteiger partial charge on any atom is -0.479 e. The Bertz CT molecular complexity index is 405. The molecule has 2 N–H and O–H groups in total. The molecule has 0 spiro atoms. The third-order valence-corrected chi connectivity index (χ3v) is 2.36. The van der Waals surface area contributed by atoms with Crippen molar-refractivity contribution in [2.24, 2.45) is 5.73 Å². The highest BCUT2D eigenvalue weighted by atomic mass is 16.5. The SMILES string of the molecule is Cc1ccc(OC(C)C(=O)N(C)C)c(CN)n1. The molecule has 0 aliphatic rings. The molecule has 1 aromatic heterocycles. The van der Waals surface area contributed by atoms with Crippen LogP contribution in [-0.2, 0) is 11.3 Å². The number of aromatic nitrogens is 1. The van der Waals surface area contributed by atoms with Crippen LogP contribution in [0.4, 0.5) is 0 Å². The first-order valence-electron chi connectivity index (χ1n) is 5.50. The van der Waals surface area contributed by atoms with Gasteiger partial charge in [-0.15, -0.1) is 0 Å². The first-order valence-corrected chi connectivity index (χ1v) is 5.50. The van der Waals surface area contributed by atoms with Crippen molar-refractivity contribution in [1.29, 1.82) is 0 Å². The van der Waals surface area contributed by atoms with Gasteiger partial charge in [-0.2, -0.15) is 0 Å². The molecule has 0 saturated heterocycles. The van der Waals surface area contributed by atoms with E-state index in [1.54, 1.807) is 27.1 Å². The first kappa shape index (κ1) is 13.4. The second-order valence-corrected chi connectivity index (χ2v) is 4.09. The standard InChI is InChI=1S/C12H19N3O2/c1-8-5-6-11(10(7-13)14-8)17-9(2)12(16)15(3)4/h5-6,9H,7,13H2,1-4H3. The number of aryl methyl sites for hydroxylation is 1. The number of nitrogens with two attached hydrogens (primary N) is 1. The molecule has 1 rings (SSSR count). The lowest BCUT2D eigenvalue weighted by molar-refractivity contribution is -0.135. The minimum absolute atomic E-state index is 0.0893. The predicted molar refractivity (Wildman–Crippen MR) is 65.6 cm³/mol. The van der Waals surface area contributed by atoms with Crippen LogP contribution in [0, 0.1) is 6.92 Å². The molecule has 0 fully saturated rings. The van der Waals surface area contributed by atoms with Crippen LogP contribution in [0.1, 0.15) is 18.3 Å². The molecule has 1 atom stereocenters. The molecule has 94 valence electrons. The molecular weight excluding hydrogens is 218 g/mol. The van der Waals surface area contributed by atoms with Crippen LogP contribution < -0.4 is 10.5 Å². The fourth-order valence-corrected chi connectivity index (χ4v) is 1.46. The number of nitrogens with zero attached hydrogens (tertiary/aromatic N) is 2. The lowest BCUT2D eigenvalue weighted by atomic mass is 10.2. The third-order valence-electron chi connectivity index (χ3n) is 2.36. The summed E-state index contributed by atoms with van der Waals surface area (Å²) in [7, 11) is 3.39. The Morgan fingerprint density at radius 2 is 2.18 bits per heavy atom. The summed E-state index contributed by atoms with van der Waals surface area (Å²) in [5, 5.41) is 0. The van der Waals surface area contributed by atoms with Crippen LogP contribution in [-0.4, -0.2) is 36.0 Å². The van der Waals surface area contributed by atoms with Crippen LogP contribution in [0.25, 0.3) is 0 Å². The van der Waals surface area contributed by atoms with Gasteiger partial charge in [0.2, 0.25) is 0 Å². The zero-order valence-electron chi connectivity index (χ0n) is 10.7. The summed E-state index contributed by atoms with van der Waals surface area (Å²) in [6.45, 7) is 3.89. The minimum atomic E-state index is -0.542. The average molecular weight is 237 g/mol. The third kappa shape index (κ3) is 3.42. The van der Waals surface area contributed by atoms with Crippen molar-refractivity contribution in [3.63, 3.8) is 0 Å². The molecule has 0 aromatic carbocycles. The molecule has 1 amide bonds. The van der Waals surface area contributed by atoms with E-state index in [0.717, 1.165) is 5.69 Å². The number of ether oxygens (including phenoxy) is 1. The summed E-state index contributed by atoms with van der Waals surface area (Å²) in [6.07, 6.45) is -0.542. The fraction of sp³-hybridized carbons (Fsp3) is 0.500. The van der Waals surface area contributed by atoms with Gasteiger partial charge in [-0.05, 0) is 26.0 Å². The molecule has 5 nitrogen and oxygen atoms in total. The number of rotatable bonds is 4. The van der Waals surface area contributed by atoms with Crippen molar-refractivity contribution in [3.05, 3.63) is 23.5 Å². The maximum atomic E-state index is 11.7. The van der Waals surface area contributed by atoms with Crippen LogP contribution in [0.3, 0.4) is 0 Å². The number of pyridine rings is 1. The van der Waals surface area contributed by atoms with Gasteiger partial charge in [-0.3, -0.25) is 9.78 Å². The summed E-state index contributed by atoms with van der Waals surface area (Å²) >= 11 is 0. The van der Waals surface area contributed by atoms with Crippen LogP contribution in [0.2, 0.25) is 0 Å². The van der Waals surface area contributed by atoms with Gasteiger partial charge in [-0.1, -0.05) is 0 Å². The molecule has 0 saturated carbocycles. The maximum absolute atomic E-state index is 11.7. The Morgan fingerprint density at radius 1 is 1.53 bits per heavy atom. The maximum Gasteiger partial charge on any atom is 0.262 e. The van der Waals surface area contributed by atoms with E-state index >= 15 is 0 Å². The summed E-state index contributed by atoms with van der Waals surface area (Å²) in [6, 6.07) is 3.63. The second kappa shape index (κ2) is 5.63. The average Bonchev–Trinajstić information content (AvgIpc) is 2.30. The van der Waals surface area contributed by atoms with Gasteiger partial charge < -0.3 is 15.4 Å². The highest BCUT2D eigenvalue weighted by Gasteiger charge is 2.18. The van der Waals surface area contributed by atoms with Gasteiger partial charge in [-0.25, -0.2) is 0 Å². The molecule has 5 heteroatoms. The lowest BCUT2D eigenvalue weighted by Crippen LogP contribution is -2.35. The van der Waals surface area contributed by atoms with Crippen molar-refractivity contribution in [2.75, 3.05) is 14.1 Å². The van der Waals surface area contributed by atoms with Crippen molar-refractivity contribution in [3.8, 4) is 5.75 Å². The van der Waals surface area contributed by atoms with E-state index in [9.17, 15) is 4.79 Å². The number of carbonyl (C=O) groups excluding carboxylic acids is 1. The summed E-state index contributed by atoms with van der Waals surface area (Å²) in [4.78, 5) is 17.4. The summed E-state index contributed by atoms with van der Waals surface area (Å²) in [5.41, 5.74) is 7.14. The molecule has 1 aromatic rings. The molecule has 0 bridgehead atoms. The van der Waals surface area contributed by atoms with Gasteiger partial charge in [0, 0.05) is 26.3 Å². The van der Waals surface area contributed by atoms with Crippen LogP contribution in [0.5, 0.6) is 5.75 Å². The summed E-state index contributed by atoms with van der Waals surface area (Å²) < 4.78 is 5.58. The van der Waals surface area contributed by atoms with E-state index < -0.39 is 6.10 Å². The molecule has 0 aliphatic carbocycles. The molecule has 0 radical (unpaired) electrons. The quantitative estimate of drug-likeness (QED) is 0.837. The Morgan fingerprint density at radius 3 is 2.71 bits per heavy atom. The Labute approximate surface area is 102 Å². The Kier molecular flexibility index (Phi) is 4.45. The van der Waals surface area contributed by atoms with E-state index in [4.69, 9.17) is 10.5 Å². The van der Waals surface area contributed by atoms with Crippen molar-refractivity contribution < 1.29 is 9.53 Å². The van der Waals surface area contributed by atoms with Gasteiger partial charge in [0.05, 0.1) is 5.69 Å². The van der Waals surface area contributed by atoms with E-state index in [1.807, 2.05) is 13.0 Å². The van der Waals surface area contributed by atoms with Crippen molar-refractivity contribution >= 4 is 5.91 Å². The van der Waals surface area contributed by atoms with E-state index in [-0.39, 0.29) is 5.91 Å². The van der Waals surface area contributed by atoms with Crippen molar-refractivity contribution in [2.45, 2.75) is 26.5 Å². The van der Waals surface area contributed by atoms with Gasteiger partial charge in [0.25, 0.3) is 5.91 Å². The van der Waals surface area contributed by atoms with Gasteiger partial charge >= 0.3 is 0 Å². The molecule has 17 heavy (non-hydrogen) atoms. The smallest absolute Gasteiger partial charge is 0.262 e. The molecule has 0 aliphatic heterocycles. The summed E-state index contributed by atoms with van der Waals surface area (Å²) in [5.74, 6) is 0.481. The number of amides is 1. The predicted octanol–water partition coefficient (Wildman–Crippen LogP) is 0.704. The molecule has 1 heterocycles. The number of likely N-dealkylation sites (N-methyl/N-ethyl adjacent to an activating group) is 1. The lowest BCUT2D eigenvalue weighted by Gasteiger charge is -2.19. The highest BCUT2D eigenvalue weighted by Crippen LogP contribution is 2.18. The van der Waals surface area contributed by atoms with Gasteiger partial charge in [0.1, 0.15) is 5.75 Å². The highest BCUT2D eigenvalue weighted by molar-refractivity contribution is 5.80. The number of carbonyl (C=O) groups is 1. The fourth-order valence-electron chi connectivity index (χ4n) is 1.46. The van der Waals surface area contributed by atoms with Gasteiger partial charge in [0.15, 0.2) is 6.10 Å². The zero-order valence-corrected chi connectivity index (χ0v) is 10.7. The van der Waals surface area contributed by atoms with Crippen molar-refractivity contribution in [1.82, 2.24) is 9.88 Å². The van der Waals surface area contributed by atoms with E-state index in [1.165, 1.54) is 4.90 Å². The van der Waals surface area contributed by atoms with E-state index in [0.29, 0.717) is 18.0 Å². The van der Waals surface area contributed by atoms with E-state index in [2.05, 4.69) is 4.98 Å². The zero-order chi connectivity index (χ0) is 13.0. The largest absolute Gasteiger partial charge is 0.479 e. The first-order chi connectivity index (χ1) is 7.95. The number of hydrogen-bond donors (Lipinski definition) is 1. The topological polar surface area (TPSA) is 68.5 Å². The number of hydrogen-bond acceptors (Lipinski definition) is 4. The normalized spacial score (nSPS) is 12.1.